The average Bonchev–Trinajstić information content (AvgIpc) is 2.91. The molecule has 11 heteroatoms. The quantitative estimate of drug-likeness (QED) is 0.530. The number of primary amides is 1. The zero-order valence-corrected chi connectivity index (χ0v) is 18.8. The van der Waals surface area contributed by atoms with Crippen LogP contribution in [0.1, 0.15) is 11.1 Å². The summed E-state index contributed by atoms with van der Waals surface area (Å²) in [6.45, 7) is -0.327. The first-order valence-corrected chi connectivity index (χ1v) is 10.6. The number of benzene rings is 2. The van der Waals surface area contributed by atoms with E-state index in [1.807, 2.05) is 0 Å². The first-order chi connectivity index (χ1) is 14.2. The number of hydrogen-bond donors (Lipinski definition) is 1. The Morgan fingerprint density at radius 3 is 2.30 bits per heavy atom. The Balaban J connectivity index is 1.78. The zero-order valence-electron chi connectivity index (χ0n) is 15.0. The van der Waals surface area contributed by atoms with Gasteiger partial charge in [0.1, 0.15) is 13.2 Å². The van der Waals surface area contributed by atoms with Crippen molar-refractivity contribution in [2.45, 2.75) is 6.61 Å². The SMILES string of the molecule is NC(=O)CN1C(=O)S/C(=C\c2cc(Cl)c(OCc3ccc(Cl)c(Cl)c3)c(Cl)c2)C1=O. The maximum Gasteiger partial charge on any atom is 0.294 e. The Kier molecular flexibility index (Phi) is 7.21. The van der Waals surface area contributed by atoms with Gasteiger partial charge in [0, 0.05) is 0 Å². The molecule has 30 heavy (non-hydrogen) atoms. The standard InChI is InChI=1S/C19H12Cl4N2O4S/c20-11-2-1-9(3-12(11)21)8-29-17-13(22)4-10(5-14(17)23)6-15-18(27)25(7-16(24)26)19(28)30-15/h1-6H,7-8H2,(H2,24,26)/b15-6-. The van der Waals surface area contributed by atoms with Crippen LogP contribution in [-0.4, -0.2) is 28.5 Å². The molecule has 1 heterocycles. The van der Waals surface area contributed by atoms with Gasteiger partial charge in [-0.3, -0.25) is 19.3 Å². The number of thioether (sulfide) groups is 1. The predicted octanol–water partition coefficient (Wildman–Crippen LogP) is 5.40. The molecule has 156 valence electrons. The molecule has 0 radical (unpaired) electrons. The van der Waals surface area contributed by atoms with Crippen LogP contribution in [0.4, 0.5) is 4.79 Å². The third kappa shape index (κ3) is 5.22. The predicted molar refractivity (Wildman–Crippen MR) is 119 cm³/mol. The fraction of sp³-hybridized carbons (Fsp3) is 0.105. The lowest BCUT2D eigenvalue weighted by atomic mass is 10.2. The molecule has 2 N–H and O–H groups in total. The molecule has 1 aliphatic heterocycles. The molecule has 0 unspecified atom stereocenters. The third-order valence-electron chi connectivity index (χ3n) is 3.87. The fourth-order valence-corrected chi connectivity index (χ4v) is 4.30. The molecule has 0 atom stereocenters. The minimum Gasteiger partial charge on any atom is -0.486 e. The molecule has 3 amide bonds. The van der Waals surface area contributed by atoms with E-state index in [0.717, 1.165) is 10.5 Å². The van der Waals surface area contributed by atoms with Crippen molar-refractivity contribution in [3.63, 3.8) is 0 Å². The summed E-state index contributed by atoms with van der Waals surface area (Å²) in [4.78, 5) is 36.1. The van der Waals surface area contributed by atoms with E-state index in [-0.39, 0.29) is 27.3 Å². The van der Waals surface area contributed by atoms with Crippen LogP contribution in [0.5, 0.6) is 5.75 Å². The summed E-state index contributed by atoms with van der Waals surface area (Å²) in [6, 6.07) is 8.16. The molecule has 2 aromatic carbocycles. The Morgan fingerprint density at radius 2 is 1.70 bits per heavy atom. The molecule has 0 spiro atoms. The second-order valence-corrected chi connectivity index (χ2v) is 8.71. The topological polar surface area (TPSA) is 89.7 Å². The lowest BCUT2D eigenvalue weighted by Gasteiger charge is -2.12. The van der Waals surface area contributed by atoms with Crippen LogP contribution in [0.15, 0.2) is 35.2 Å². The van der Waals surface area contributed by atoms with Gasteiger partial charge >= 0.3 is 0 Å². The summed E-state index contributed by atoms with van der Waals surface area (Å²) in [5.41, 5.74) is 6.31. The number of halogens is 4. The summed E-state index contributed by atoms with van der Waals surface area (Å²) < 4.78 is 5.70. The number of imide groups is 1. The number of amides is 3. The van der Waals surface area contributed by atoms with Gasteiger partial charge in [0.2, 0.25) is 5.91 Å². The Bertz CT molecular complexity index is 1070. The van der Waals surface area contributed by atoms with Gasteiger partial charge in [-0.25, -0.2) is 0 Å². The van der Waals surface area contributed by atoms with Crippen molar-refractivity contribution in [3.05, 3.63) is 66.5 Å². The first kappa shape index (κ1) is 22.8. The van der Waals surface area contributed by atoms with Crippen molar-refractivity contribution in [3.8, 4) is 5.75 Å². The molecular weight excluding hydrogens is 494 g/mol. The molecule has 2 aromatic rings. The number of nitrogens with zero attached hydrogens (tertiary/aromatic N) is 1. The molecule has 1 aliphatic rings. The fourth-order valence-electron chi connectivity index (χ4n) is 2.53. The molecule has 0 aliphatic carbocycles. The highest BCUT2D eigenvalue weighted by atomic mass is 35.5. The van der Waals surface area contributed by atoms with E-state index < -0.39 is 23.6 Å². The van der Waals surface area contributed by atoms with Crippen LogP contribution in [0.25, 0.3) is 6.08 Å². The summed E-state index contributed by atoms with van der Waals surface area (Å²) in [5.74, 6) is -1.15. The van der Waals surface area contributed by atoms with E-state index in [1.54, 1.807) is 30.3 Å². The lowest BCUT2D eigenvalue weighted by molar-refractivity contribution is -0.127. The van der Waals surface area contributed by atoms with Crippen molar-refractivity contribution in [2.24, 2.45) is 5.73 Å². The normalized spacial score (nSPS) is 15.2. The Labute approximate surface area is 195 Å². The molecule has 3 rings (SSSR count). The number of rotatable bonds is 6. The smallest absolute Gasteiger partial charge is 0.294 e. The van der Waals surface area contributed by atoms with E-state index in [2.05, 4.69) is 0 Å². The van der Waals surface area contributed by atoms with E-state index in [9.17, 15) is 14.4 Å². The van der Waals surface area contributed by atoms with Gasteiger partial charge in [-0.2, -0.15) is 0 Å². The minimum atomic E-state index is -0.784. The van der Waals surface area contributed by atoms with Gasteiger partial charge in [0.15, 0.2) is 5.75 Å². The van der Waals surface area contributed by atoms with Crippen LogP contribution in [0, 0.1) is 0 Å². The monoisotopic (exact) mass is 504 g/mol. The van der Waals surface area contributed by atoms with E-state index in [4.69, 9.17) is 56.9 Å². The molecule has 6 nitrogen and oxygen atoms in total. The summed E-state index contributed by atoms with van der Waals surface area (Å²) in [5, 5.41) is 0.677. The van der Waals surface area contributed by atoms with Crippen molar-refractivity contribution in [1.82, 2.24) is 4.90 Å². The van der Waals surface area contributed by atoms with Crippen molar-refractivity contribution < 1.29 is 19.1 Å². The maximum absolute atomic E-state index is 12.3. The van der Waals surface area contributed by atoms with E-state index >= 15 is 0 Å². The van der Waals surface area contributed by atoms with Crippen LogP contribution < -0.4 is 10.5 Å². The minimum absolute atomic E-state index is 0.123. The number of nitrogens with two attached hydrogens (primary N) is 1. The summed E-state index contributed by atoms with van der Waals surface area (Å²) in [6.07, 6.45) is 1.45. The highest BCUT2D eigenvalue weighted by Gasteiger charge is 2.35. The second kappa shape index (κ2) is 9.49. The molecule has 0 aromatic heterocycles. The van der Waals surface area contributed by atoms with Gasteiger partial charge in [0.25, 0.3) is 11.1 Å². The number of carbonyl (C=O) groups is 3. The zero-order chi connectivity index (χ0) is 22.0. The van der Waals surface area contributed by atoms with Crippen molar-refractivity contribution in [1.29, 1.82) is 0 Å². The lowest BCUT2D eigenvalue weighted by Crippen LogP contribution is -2.36. The van der Waals surface area contributed by atoms with Gasteiger partial charge in [0.05, 0.1) is 25.0 Å². The van der Waals surface area contributed by atoms with Gasteiger partial charge in [-0.15, -0.1) is 0 Å². The van der Waals surface area contributed by atoms with Crippen molar-refractivity contribution >= 4 is 81.3 Å². The third-order valence-corrected chi connectivity index (χ3v) is 6.08. The Morgan fingerprint density at radius 1 is 1.03 bits per heavy atom. The van der Waals surface area contributed by atoms with E-state index in [0.29, 0.717) is 27.4 Å². The molecule has 1 saturated heterocycles. The first-order valence-electron chi connectivity index (χ1n) is 8.25. The second-order valence-electron chi connectivity index (χ2n) is 6.08. The largest absolute Gasteiger partial charge is 0.486 e. The van der Waals surface area contributed by atoms with Crippen LogP contribution in [-0.2, 0) is 16.2 Å². The van der Waals surface area contributed by atoms with Gasteiger partial charge in [-0.05, 0) is 53.2 Å². The molecule has 0 bridgehead atoms. The molecule has 1 fully saturated rings. The van der Waals surface area contributed by atoms with Gasteiger partial charge < -0.3 is 10.5 Å². The van der Waals surface area contributed by atoms with Crippen molar-refractivity contribution in [2.75, 3.05) is 6.54 Å². The highest BCUT2D eigenvalue weighted by Crippen LogP contribution is 2.38. The van der Waals surface area contributed by atoms with E-state index in [1.165, 1.54) is 6.08 Å². The van der Waals surface area contributed by atoms with Gasteiger partial charge in [-0.1, -0.05) is 52.5 Å². The maximum atomic E-state index is 12.3. The molecular formula is C19H12Cl4N2O4S. The van der Waals surface area contributed by atoms with Crippen LogP contribution >= 0.6 is 58.2 Å². The van der Waals surface area contributed by atoms with Crippen LogP contribution in [0.2, 0.25) is 20.1 Å². The summed E-state index contributed by atoms with van der Waals surface area (Å²) >= 11 is 25.2. The highest BCUT2D eigenvalue weighted by molar-refractivity contribution is 8.18. The average molecular weight is 506 g/mol. The summed E-state index contributed by atoms with van der Waals surface area (Å²) in [7, 11) is 0. The number of hydrogen-bond acceptors (Lipinski definition) is 5. The molecule has 0 saturated carbocycles. The number of ether oxygens (including phenoxy) is 1. The Hall–Kier alpha value is -1.90. The van der Waals surface area contributed by atoms with Crippen LogP contribution in [0.3, 0.4) is 0 Å². The number of carbonyl (C=O) groups excluding carboxylic acids is 3.